The maximum atomic E-state index is 13.9. The van der Waals surface area contributed by atoms with Crippen LogP contribution in [0.3, 0.4) is 0 Å². The molecule has 0 fully saturated rings. The minimum atomic E-state index is -1.26. The van der Waals surface area contributed by atoms with Gasteiger partial charge in [-0.3, -0.25) is 9.59 Å². The number of amides is 2. The first-order valence-electron chi connectivity index (χ1n) is 10.7. The van der Waals surface area contributed by atoms with Crippen LogP contribution in [-0.2, 0) is 23.3 Å². The van der Waals surface area contributed by atoms with E-state index in [2.05, 4.69) is 5.32 Å². The number of carbonyl (C=O) groups is 2. The van der Waals surface area contributed by atoms with Crippen LogP contribution in [-0.4, -0.2) is 11.8 Å². The zero-order chi connectivity index (χ0) is 26.2. The molecule has 5 nitrogen and oxygen atoms in total. The monoisotopic (exact) mass is 499 g/mol. The van der Waals surface area contributed by atoms with Crippen LogP contribution in [0, 0.1) is 40.4 Å². The fraction of sp³-hybridized carbons (Fsp3) is 0.192. The van der Waals surface area contributed by atoms with E-state index in [1.165, 1.54) is 23.1 Å². The highest BCUT2D eigenvalue weighted by Gasteiger charge is 2.47. The number of nitriles is 1. The molecule has 1 aliphatic heterocycles. The highest BCUT2D eigenvalue weighted by molar-refractivity contribution is 6.09. The second kappa shape index (κ2) is 9.41. The van der Waals surface area contributed by atoms with Crippen molar-refractivity contribution in [2.24, 2.45) is 0 Å². The van der Waals surface area contributed by atoms with Gasteiger partial charge in [0.25, 0.3) is 5.91 Å². The lowest BCUT2D eigenvalue weighted by Crippen LogP contribution is -2.37. The van der Waals surface area contributed by atoms with Crippen LogP contribution < -0.4 is 10.2 Å². The maximum Gasteiger partial charge on any atom is 0.251 e. The third-order valence-electron chi connectivity index (χ3n) is 6.09. The molecule has 184 valence electrons. The summed E-state index contributed by atoms with van der Waals surface area (Å²) in [4.78, 5) is 27.3. The summed E-state index contributed by atoms with van der Waals surface area (Å²) in [6.07, 6.45) is -0.179. The quantitative estimate of drug-likeness (QED) is 0.484. The molecule has 1 unspecified atom stereocenters. The van der Waals surface area contributed by atoms with Gasteiger partial charge in [-0.1, -0.05) is 6.07 Å². The molecular weight excluding hydrogens is 481 g/mol. The van der Waals surface area contributed by atoms with Gasteiger partial charge < -0.3 is 10.2 Å². The lowest BCUT2D eigenvalue weighted by Gasteiger charge is -2.22. The van der Waals surface area contributed by atoms with E-state index in [-0.39, 0.29) is 29.8 Å². The van der Waals surface area contributed by atoms with Crippen molar-refractivity contribution in [3.63, 3.8) is 0 Å². The first-order valence-corrected chi connectivity index (χ1v) is 10.7. The Bertz CT molecular complexity index is 1390. The van der Waals surface area contributed by atoms with E-state index >= 15 is 0 Å². The summed E-state index contributed by atoms with van der Waals surface area (Å²) in [6.45, 7) is 0.771. The number of hydrogen-bond donors (Lipinski definition) is 1. The van der Waals surface area contributed by atoms with Gasteiger partial charge in [-0.05, 0) is 42.3 Å². The van der Waals surface area contributed by atoms with Gasteiger partial charge in [0.15, 0.2) is 0 Å². The SMILES string of the molecule is CC1(CC#N)C(=O)N(Cc2cc(F)cc(F)c2)c2cc(C(=O)NCc3c(F)cc(F)cc3F)ccc21. The van der Waals surface area contributed by atoms with Crippen molar-refractivity contribution in [2.75, 3.05) is 4.90 Å². The summed E-state index contributed by atoms with van der Waals surface area (Å²) in [5.74, 6) is -6.30. The molecule has 0 aliphatic carbocycles. The first kappa shape index (κ1) is 24.9. The zero-order valence-electron chi connectivity index (χ0n) is 18.8. The third-order valence-corrected chi connectivity index (χ3v) is 6.09. The van der Waals surface area contributed by atoms with Gasteiger partial charge in [-0.15, -0.1) is 0 Å². The fourth-order valence-electron chi connectivity index (χ4n) is 4.27. The topological polar surface area (TPSA) is 73.2 Å². The van der Waals surface area contributed by atoms with Crippen LogP contribution in [0.1, 0.15) is 40.4 Å². The number of benzene rings is 3. The van der Waals surface area contributed by atoms with Gasteiger partial charge >= 0.3 is 0 Å². The van der Waals surface area contributed by atoms with Gasteiger partial charge in [0.2, 0.25) is 5.91 Å². The summed E-state index contributed by atoms with van der Waals surface area (Å²) >= 11 is 0. The van der Waals surface area contributed by atoms with Crippen LogP contribution in [0.5, 0.6) is 0 Å². The molecule has 0 saturated carbocycles. The van der Waals surface area contributed by atoms with Crippen molar-refractivity contribution in [3.8, 4) is 6.07 Å². The van der Waals surface area contributed by atoms with Gasteiger partial charge in [0.05, 0.1) is 24.4 Å². The van der Waals surface area contributed by atoms with Crippen molar-refractivity contribution in [1.29, 1.82) is 5.26 Å². The van der Waals surface area contributed by atoms with E-state index in [4.69, 9.17) is 0 Å². The molecule has 3 aromatic rings. The predicted octanol–water partition coefficient (Wildman–Crippen LogP) is 5.03. The summed E-state index contributed by atoms with van der Waals surface area (Å²) in [5, 5.41) is 11.6. The number of rotatable bonds is 6. The molecule has 1 heterocycles. The molecule has 2 amide bonds. The van der Waals surface area contributed by atoms with Crippen LogP contribution in [0.2, 0.25) is 0 Å². The van der Waals surface area contributed by atoms with Gasteiger partial charge in [0.1, 0.15) is 29.1 Å². The zero-order valence-corrected chi connectivity index (χ0v) is 18.8. The lowest BCUT2D eigenvalue weighted by atomic mass is 9.81. The molecule has 0 spiro atoms. The maximum absolute atomic E-state index is 13.9. The highest BCUT2D eigenvalue weighted by Crippen LogP contribution is 2.45. The van der Waals surface area contributed by atoms with Crippen LogP contribution in [0.4, 0.5) is 27.6 Å². The lowest BCUT2D eigenvalue weighted by molar-refractivity contribution is -0.122. The number of hydrogen-bond acceptors (Lipinski definition) is 3. The molecule has 3 aromatic carbocycles. The number of fused-ring (bicyclic) bond motifs is 1. The van der Waals surface area contributed by atoms with Crippen molar-refractivity contribution < 1.29 is 31.5 Å². The molecule has 0 aromatic heterocycles. The summed E-state index contributed by atoms with van der Waals surface area (Å²) in [7, 11) is 0. The van der Waals surface area contributed by atoms with Crippen molar-refractivity contribution in [3.05, 3.63) is 99.9 Å². The number of halogens is 5. The Hall–Kier alpha value is -4.26. The number of anilines is 1. The molecule has 0 radical (unpaired) electrons. The Balaban J connectivity index is 1.66. The Labute approximate surface area is 202 Å². The Morgan fingerprint density at radius 1 is 0.972 bits per heavy atom. The second-order valence-corrected chi connectivity index (χ2v) is 8.60. The minimum Gasteiger partial charge on any atom is -0.348 e. The van der Waals surface area contributed by atoms with Gasteiger partial charge in [0, 0.05) is 41.6 Å². The van der Waals surface area contributed by atoms with E-state index < -0.39 is 58.4 Å². The molecule has 1 atom stereocenters. The Morgan fingerprint density at radius 2 is 1.58 bits per heavy atom. The fourth-order valence-corrected chi connectivity index (χ4v) is 4.27. The molecule has 0 saturated heterocycles. The largest absolute Gasteiger partial charge is 0.348 e. The number of nitrogens with zero attached hydrogens (tertiary/aromatic N) is 2. The predicted molar refractivity (Wildman–Crippen MR) is 119 cm³/mol. The van der Waals surface area contributed by atoms with E-state index in [1.807, 2.05) is 6.07 Å². The molecule has 4 rings (SSSR count). The summed E-state index contributed by atoms with van der Waals surface area (Å²) in [5.41, 5.74) is -0.901. The standard InChI is InChI=1S/C26H18F5N3O2/c1-26(4-5-32)20-3-2-15(24(35)33-12-19-21(30)10-18(29)11-22(19)31)8-23(20)34(25(26)36)13-14-6-16(27)9-17(28)7-14/h2-3,6-11H,4,12-13H2,1H3,(H,33,35). The average molecular weight is 499 g/mol. The van der Waals surface area contributed by atoms with Crippen molar-refractivity contribution in [2.45, 2.75) is 31.8 Å². The summed E-state index contributed by atoms with van der Waals surface area (Å²) in [6, 6.07) is 10.0. The van der Waals surface area contributed by atoms with Gasteiger partial charge in [-0.2, -0.15) is 5.26 Å². The van der Waals surface area contributed by atoms with E-state index in [1.54, 1.807) is 6.92 Å². The van der Waals surface area contributed by atoms with Crippen LogP contribution >= 0.6 is 0 Å². The molecule has 10 heteroatoms. The molecule has 1 N–H and O–H groups in total. The smallest absolute Gasteiger partial charge is 0.251 e. The van der Waals surface area contributed by atoms with Crippen LogP contribution in [0.15, 0.2) is 48.5 Å². The number of carbonyl (C=O) groups excluding carboxylic acids is 2. The van der Waals surface area contributed by atoms with E-state index in [0.29, 0.717) is 23.8 Å². The Kier molecular flexibility index (Phi) is 6.50. The average Bonchev–Trinajstić information content (AvgIpc) is 2.99. The van der Waals surface area contributed by atoms with Crippen LogP contribution in [0.25, 0.3) is 0 Å². The number of nitrogens with one attached hydrogen (secondary N) is 1. The van der Waals surface area contributed by atoms with Gasteiger partial charge in [-0.25, -0.2) is 22.0 Å². The highest BCUT2D eigenvalue weighted by atomic mass is 19.2. The second-order valence-electron chi connectivity index (χ2n) is 8.60. The minimum absolute atomic E-state index is 0.0288. The van der Waals surface area contributed by atoms with Crippen molar-refractivity contribution >= 4 is 17.5 Å². The Morgan fingerprint density at radius 3 is 2.19 bits per heavy atom. The van der Waals surface area contributed by atoms with E-state index in [9.17, 15) is 36.8 Å². The molecular formula is C26H18F5N3O2. The van der Waals surface area contributed by atoms with E-state index in [0.717, 1.165) is 12.1 Å². The molecule has 0 bridgehead atoms. The molecule has 36 heavy (non-hydrogen) atoms. The molecule has 1 aliphatic rings. The third kappa shape index (κ3) is 4.52. The normalized spacial score (nSPS) is 16.6. The first-order chi connectivity index (χ1) is 17.0. The summed E-state index contributed by atoms with van der Waals surface area (Å²) < 4.78 is 68.4. The van der Waals surface area contributed by atoms with Crippen molar-refractivity contribution in [1.82, 2.24) is 5.32 Å².